The molecule has 0 amide bonds. The number of carbonyl (C=O) groups is 1. The van der Waals surface area contributed by atoms with Gasteiger partial charge in [0.25, 0.3) is 0 Å². The lowest BCUT2D eigenvalue weighted by atomic mass is 10.1. The van der Waals surface area contributed by atoms with Crippen molar-refractivity contribution < 1.29 is 9.53 Å². The van der Waals surface area contributed by atoms with E-state index in [2.05, 4.69) is 0 Å². The first-order valence-electron chi connectivity index (χ1n) is 5.48. The van der Waals surface area contributed by atoms with Gasteiger partial charge in [-0.1, -0.05) is 24.3 Å². The summed E-state index contributed by atoms with van der Waals surface area (Å²) in [5.74, 6) is 0.448. The van der Waals surface area contributed by atoms with Crippen LogP contribution in [0.5, 0.6) is 0 Å². The van der Waals surface area contributed by atoms with Crippen LogP contribution in [0.4, 0.5) is 0 Å². The van der Waals surface area contributed by atoms with Crippen LogP contribution in [0, 0.1) is 0 Å². The predicted molar refractivity (Wildman–Crippen MR) is 62.2 cm³/mol. The molecule has 1 aliphatic rings. The number of ketones is 1. The van der Waals surface area contributed by atoms with Crippen molar-refractivity contribution in [1.82, 2.24) is 0 Å². The van der Waals surface area contributed by atoms with Gasteiger partial charge in [-0.2, -0.15) is 0 Å². The van der Waals surface area contributed by atoms with Gasteiger partial charge in [-0.25, -0.2) is 0 Å². The van der Waals surface area contributed by atoms with Gasteiger partial charge in [-0.15, -0.1) is 0 Å². The maximum absolute atomic E-state index is 11.9. The Balaban J connectivity index is 2.12. The fourth-order valence-electron chi connectivity index (χ4n) is 1.71. The molecule has 0 aromatic heterocycles. The molecular formula is C13H15NO2. The monoisotopic (exact) mass is 217 g/mol. The lowest BCUT2D eigenvalue weighted by Gasteiger charge is -2.04. The smallest absolute Gasteiger partial charge is 0.227 e. The summed E-state index contributed by atoms with van der Waals surface area (Å²) in [6.45, 7) is 1.24. The molecular weight excluding hydrogens is 202 g/mol. The summed E-state index contributed by atoms with van der Waals surface area (Å²) in [5, 5.41) is 0. The Hall–Kier alpha value is -1.61. The van der Waals surface area contributed by atoms with E-state index in [1.807, 2.05) is 30.3 Å². The molecule has 0 atom stereocenters. The number of ether oxygens (including phenoxy) is 1. The summed E-state index contributed by atoms with van der Waals surface area (Å²) in [6.07, 6.45) is 3.51. The number of nitrogens with two attached hydrogens (primary N) is 1. The van der Waals surface area contributed by atoms with Crippen LogP contribution in [0.1, 0.15) is 22.3 Å². The fourth-order valence-corrected chi connectivity index (χ4v) is 1.71. The molecule has 1 aromatic carbocycles. The molecule has 1 aliphatic heterocycles. The van der Waals surface area contributed by atoms with Crippen LogP contribution < -0.4 is 5.73 Å². The summed E-state index contributed by atoms with van der Waals surface area (Å²) in [4.78, 5) is 11.9. The minimum Gasteiger partial charge on any atom is -0.489 e. The zero-order valence-corrected chi connectivity index (χ0v) is 9.11. The van der Waals surface area contributed by atoms with Crippen molar-refractivity contribution >= 4 is 5.78 Å². The Kier molecular flexibility index (Phi) is 3.37. The third kappa shape index (κ3) is 2.31. The Morgan fingerprint density at radius 3 is 2.62 bits per heavy atom. The molecule has 0 saturated carbocycles. The highest BCUT2D eigenvalue weighted by atomic mass is 16.5. The highest BCUT2D eigenvalue weighted by Crippen LogP contribution is 2.16. The van der Waals surface area contributed by atoms with Crippen LogP contribution in [-0.4, -0.2) is 18.9 Å². The number of hydrogen-bond donors (Lipinski definition) is 1. The van der Waals surface area contributed by atoms with Crippen molar-refractivity contribution in [3.63, 3.8) is 0 Å². The quantitative estimate of drug-likeness (QED) is 0.780. The van der Waals surface area contributed by atoms with Crippen molar-refractivity contribution in [3.8, 4) is 0 Å². The molecule has 1 heterocycles. The van der Waals surface area contributed by atoms with Crippen LogP contribution >= 0.6 is 0 Å². The van der Waals surface area contributed by atoms with Crippen LogP contribution in [0.2, 0.25) is 0 Å². The molecule has 0 spiro atoms. The number of carbonyl (C=O) groups excluding carboxylic acids is 1. The minimum absolute atomic E-state index is 0.0307. The van der Waals surface area contributed by atoms with E-state index in [0.717, 1.165) is 18.4 Å². The first-order chi connectivity index (χ1) is 7.81. The van der Waals surface area contributed by atoms with Crippen molar-refractivity contribution in [3.05, 3.63) is 47.2 Å². The van der Waals surface area contributed by atoms with E-state index in [1.165, 1.54) is 0 Å². The maximum Gasteiger partial charge on any atom is 0.227 e. The van der Waals surface area contributed by atoms with Crippen LogP contribution in [0.3, 0.4) is 0 Å². The highest BCUT2D eigenvalue weighted by Gasteiger charge is 2.16. The Morgan fingerprint density at radius 1 is 1.31 bits per heavy atom. The number of benzene rings is 1. The second-order valence-electron chi connectivity index (χ2n) is 3.77. The second-order valence-corrected chi connectivity index (χ2v) is 3.77. The molecule has 0 fully saturated rings. The van der Waals surface area contributed by atoms with E-state index in [4.69, 9.17) is 10.5 Å². The van der Waals surface area contributed by atoms with Crippen molar-refractivity contribution in [2.45, 2.75) is 12.8 Å². The third-order valence-electron chi connectivity index (χ3n) is 2.58. The van der Waals surface area contributed by atoms with Gasteiger partial charge in [0.15, 0.2) is 5.76 Å². The van der Waals surface area contributed by atoms with Gasteiger partial charge < -0.3 is 10.5 Å². The molecule has 84 valence electrons. The number of Topliss-reactive ketones (excluding diaryl/α,β-unsaturated/α-hetero) is 1. The lowest BCUT2D eigenvalue weighted by molar-refractivity contribution is 0.0942. The predicted octanol–water partition coefficient (Wildman–Crippen LogP) is 1.67. The molecule has 0 saturated heterocycles. The Bertz CT molecular complexity index is 406. The number of rotatable bonds is 4. The van der Waals surface area contributed by atoms with Gasteiger partial charge in [0, 0.05) is 12.0 Å². The highest BCUT2D eigenvalue weighted by molar-refractivity contribution is 6.07. The van der Waals surface area contributed by atoms with Crippen LogP contribution in [-0.2, 0) is 11.2 Å². The second kappa shape index (κ2) is 4.94. The molecule has 0 bridgehead atoms. The average Bonchev–Trinajstić information content (AvgIpc) is 2.83. The van der Waals surface area contributed by atoms with Crippen molar-refractivity contribution in [2.75, 3.05) is 13.2 Å². The molecule has 0 radical (unpaired) electrons. The van der Waals surface area contributed by atoms with Crippen molar-refractivity contribution in [1.29, 1.82) is 0 Å². The molecule has 2 rings (SSSR count). The number of allylic oxidation sites excluding steroid dienone is 1. The summed E-state index contributed by atoms with van der Waals surface area (Å²) in [5.41, 5.74) is 7.29. The lowest BCUT2D eigenvalue weighted by Crippen LogP contribution is -2.05. The zero-order chi connectivity index (χ0) is 11.4. The maximum atomic E-state index is 11.9. The largest absolute Gasteiger partial charge is 0.489 e. The van der Waals surface area contributed by atoms with E-state index in [-0.39, 0.29) is 5.78 Å². The van der Waals surface area contributed by atoms with E-state index in [9.17, 15) is 4.79 Å². The van der Waals surface area contributed by atoms with Gasteiger partial charge >= 0.3 is 0 Å². The summed E-state index contributed by atoms with van der Waals surface area (Å²) in [7, 11) is 0. The van der Waals surface area contributed by atoms with Gasteiger partial charge in [0.05, 0.1) is 6.61 Å². The normalized spacial score (nSPS) is 14.4. The Morgan fingerprint density at radius 2 is 2.06 bits per heavy atom. The fraction of sp³-hybridized carbons (Fsp3) is 0.308. The van der Waals surface area contributed by atoms with Crippen LogP contribution in [0.25, 0.3) is 0 Å². The summed E-state index contributed by atoms with van der Waals surface area (Å²) >= 11 is 0. The van der Waals surface area contributed by atoms with E-state index < -0.39 is 0 Å². The molecule has 1 aromatic rings. The van der Waals surface area contributed by atoms with Gasteiger partial charge in [-0.3, -0.25) is 4.79 Å². The third-order valence-corrected chi connectivity index (χ3v) is 2.58. The molecule has 0 aliphatic carbocycles. The molecule has 3 heteroatoms. The molecule has 3 nitrogen and oxygen atoms in total. The molecule has 0 unspecified atom stereocenters. The van der Waals surface area contributed by atoms with Gasteiger partial charge in [0.2, 0.25) is 5.78 Å². The summed E-state index contributed by atoms with van der Waals surface area (Å²) in [6, 6.07) is 7.54. The average molecular weight is 217 g/mol. The van der Waals surface area contributed by atoms with E-state index in [1.54, 1.807) is 0 Å². The number of hydrogen-bond acceptors (Lipinski definition) is 3. The van der Waals surface area contributed by atoms with Gasteiger partial charge in [-0.05, 0) is 24.6 Å². The topological polar surface area (TPSA) is 52.3 Å². The van der Waals surface area contributed by atoms with Gasteiger partial charge in [0.1, 0.15) is 0 Å². The summed E-state index contributed by atoms with van der Waals surface area (Å²) < 4.78 is 5.24. The first-order valence-corrected chi connectivity index (χ1v) is 5.48. The Labute approximate surface area is 94.9 Å². The zero-order valence-electron chi connectivity index (χ0n) is 9.11. The van der Waals surface area contributed by atoms with Crippen LogP contribution in [0.15, 0.2) is 36.1 Å². The molecule has 16 heavy (non-hydrogen) atoms. The van der Waals surface area contributed by atoms with E-state index >= 15 is 0 Å². The molecule has 2 N–H and O–H groups in total. The standard InChI is InChI=1S/C13H15NO2/c14-8-7-10-3-5-11(6-4-10)13(15)12-2-1-9-16-12/h2-6H,1,7-9,14H2. The first kappa shape index (κ1) is 10.9. The van der Waals surface area contributed by atoms with E-state index in [0.29, 0.717) is 24.5 Å². The van der Waals surface area contributed by atoms with Crippen molar-refractivity contribution in [2.24, 2.45) is 5.73 Å². The minimum atomic E-state index is -0.0307. The SMILES string of the molecule is NCCc1ccc(C(=O)C2=CCCO2)cc1.